The van der Waals surface area contributed by atoms with Crippen molar-refractivity contribution in [2.45, 2.75) is 26.7 Å². The summed E-state index contributed by atoms with van der Waals surface area (Å²) < 4.78 is 20.9. The molecule has 0 saturated heterocycles. The second-order valence-electron chi connectivity index (χ2n) is 8.22. The number of rotatable bonds is 5. The van der Waals surface area contributed by atoms with Gasteiger partial charge in [-0.15, -0.1) is 0 Å². The highest BCUT2D eigenvalue weighted by Gasteiger charge is 2.17. The lowest BCUT2D eigenvalue weighted by atomic mass is 10.1. The Hall–Kier alpha value is -4.07. The fraction of sp³-hybridized carbons (Fsp3) is 0.200. The van der Waals surface area contributed by atoms with E-state index in [1.165, 1.54) is 12.1 Å². The maximum absolute atomic E-state index is 13.4. The number of nitrogens with one attached hydrogen (secondary N) is 1. The number of oxazole rings is 1. The predicted octanol–water partition coefficient (Wildman–Crippen LogP) is 6.00. The highest BCUT2D eigenvalue weighted by Crippen LogP contribution is 2.32. The van der Waals surface area contributed by atoms with E-state index in [9.17, 15) is 4.39 Å². The molecule has 5 aromatic rings. The van der Waals surface area contributed by atoms with Crippen molar-refractivity contribution in [1.82, 2.24) is 24.5 Å². The van der Waals surface area contributed by atoms with E-state index in [1.807, 2.05) is 29.8 Å². The van der Waals surface area contributed by atoms with Gasteiger partial charge in [-0.25, -0.2) is 19.3 Å². The van der Waals surface area contributed by atoms with Gasteiger partial charge in [-0.2, -0.15) is 0 Å². The first-order chi connectivity index (χ1) is 15.9. The number of benzene rings is 1. The summed E-state index contributed by atoms with van der Waals surface area (Å²) in [4.78, 5) is 18.3. The lowest BCUT2D eigenvalue weighted by Gasteiger charge is -2.11. The summed E-state index contributed by atoms with van der Waals surface area (Å²) in [5, 5.41) is 3.44. The topological polar surface area (TPSA) is 81.7 Å². The monoisotopic (exact) mass is 442 g/mol. The molecule has 0 atom stereocenters. The van der Waals surface area contributed by atoms with Crippen molar-refractivity contribution in [3.05, 3.63) is 72.3 Å². The standard InChI is InChI=1S/C25H23FN6O/c1-14(2)20-11-21(29-18-9-10-19(28-12-18)22-13-27-15(3)33-22)23-25(30-20)32(4)24(31-23)16-5-7-17(26)8-6-16/h5-14H,1-4H3,(H,29,30). The lowest BCUT2D eigenvalue weighted by molar-refractivity contribution is 0.532. The van der Waals surface area contributed by atoms with Gasteiger partial charge in [0.05, 0.1) is 23.8 Å². The molecule has 166 valence electrons. The van der Waals surface area contributed by atoms with Crippen molar-refractivity contribution >= 4 is 22.5 Å². The maximum Gasteiger partial charge on any atom is 0.191 e. The summed E-state index contributed by atoms with van der Waals surface area (Å²) in [6, 6.07) is 12.1. The van der Waals surface area contributed by atoms with Crippen LogP contribution in [0.25, 0.3) is 34.0 Å². The molecule has 8 heteroatoms. The summed E-state index contributed by atoms with van der Waals surface area (Å²) in [6.45, 7) is 6.00. The lowest BCUT2D eigenvalue weighted by Crippen LogP contribution is -2.01. The van der Waals surface area contributed by atoms with E-state index in [-0.39, 0.29) is 11.7 Å². The van der Waals surface area contributed by atoms with Crippen LogP contribution in [-0.4, -0.2) is 24.5 Å². The zero-order chi connectivity index (χ0) is 23.1. The molecule has 33 heavy (non-hydrogen) atoms. The average molecular weight is 442 g/mol. The fourth-order valence-corrected chi connectivity index (χ4v) is 3.67. The minimum atomic E-state index is -0.281. The van der Waals surface area contributed by atoms with Crippen LogP contribution in [0.4, 0.5) is 15.8 Å². The van der Waals surface area contributed by atoms with Gasteiger partial charge in [0, 0.05) is 25.2 Å². The molecule has 0 unspecified atom stereocenters. The van der Waals surface area contributed by atoms with Gasteiger partial charge in [0.1, 0.15) is 22.9 Å². The number of imidazole rings is 1. The van der Waals surface area contributed by atoms with E-state index in [1.54, 1.807) is 31.5 Å². The third-order valence-electron chi connectivity index (χ3n) is 5.46. The molecule has 0 aliphatic carbocycles. The summed E-state index contributed by atoms with van der Waals surface area (Å²) in [5.41, 5.74) is 5.60. The van der Waals surface area contributed by atoms with Crippen molar-refractivity contribution in [2.24, 2.45) is 7.05 Å². The number of fused-ring (bicyclic) bond motifs is 1. The van der Waals surface area contributed by atoms with Gasteiger partial charge in [0.25, 0.3) is 0 Å². The molecule has 0 spiro atoms. The first kappa shape index (κ1) is 20.8. The Morgan fingerprint density at radius 2 is 1.79 bits per heavy atom. The Kier molecular flexibility index (Phi) is 5.12. The number of pyridine rings is 2. The minimum absolute atomic E-state index is 0.231. The molecule has 1 aromatic carbocycles. The number of hydrogen-bond acceptors (Lipinski definition) is 6. The molecular weight excluding hydrogens is 419 g/mol. The van der Waals surface area contributed by atoms with Gasteiger partial charge in [-0.3, -0.25) is 4.98 Å². The van der Waals surface area contributed by atoms with Crippen LogP contribution in [0.5, 0.6) is 0 Å². The number of hydrogen-bond donors (Lipinski definition) is 1. The molecule has 5 rings (SSSR count). The van der Waals surface area contributed by atoms with E-state index in [0.717, 1.165) is 39.6 Å². The Bertz CT molecular complexity index is 1430. The molecule has 4 heterocycles. The molecule has 0 aliphatic rings. The molecular formula is C25H23FN6O. The van der Waals surface area contributed by atoms with E-state index in [4.69, 9.17) is 14.4 Å². The molecule has 7 nitrogen and oxygen atoms in total. The maximum atomic E-state index is 13.4. The summed E-state index contributed by atoms with van der Waals surface area (Å²) in [5.74, 6) is 1.89. The quantitative estimate of drug-likeness (QED) is 0.359. The largest absolute Gasteiger partial charge is 0.439 e. The third-order valence-corrected chi connectivity index (χ3v) is 5.46. The van der Waals surface area contributed by atoms with Crippen molar-refractivity contribution in [1.29, 1.82) is 0 Å². The van der Waals surface area contributed by atoms with E-state index in [0.29, 0.717) is 17.3 Å². The van der Waals surface area contributed by atoms with E-state index < -0.39 is 0 Å². The summed E-state index contributed by atoms with van der Waals surface area (Å²) in [6.07, 6.45) is 3.41. The normalized spacial score (nSPS) is 11.5. The Labute approximate surface area is 190 Å². The van der Waals surface area contributed by atoms with Crippen LogP contribution in [0.15, 0.2) is 59.3 Å². The Morgan fingerprint density at radius 1 is 1.00 bits per heavy atom. The Morgan fingerprint density at radius 3 is 2.42 bits per heavy atom. The minimum Gasteiger partial charge on any atom is -0.439 e. The molecule has 0 saturated carbocycles. The first-order valence-corrected chi connectivity index (χ1v) is 10.7. The second kappa shape index (κ2) is 8.12. The van der Waals surface area contributed by atoms with Gasteiger partial charge in [-0.05, 0) is 48.4 Å². The van der Waals surface area contributed by atoms with Crippen LogP contribution in [-0.2, 0) is 7.05 Å². The van der Waals surface area contributed by atoms with Gasteiger partial charge in [0.15, 0.2) is 17.3 Å². The molecule has 4 aromatic heterocycles. The van der Waals surface area contributed by atoms with E-state index >= 15 is 0 Å². The van der Waals surface area contributed by atoms with Crippen LogP contribution in [0, 0.1) is 12.7 Å². The van der Waals surface area contributed by atoms with Gasteiger partial charge in [0.2, 0.25) is 0 Å². The average Bonchev–Trinajstić information content (AvgIpc) is 3.38. The van der Waals surface area contributed by atoms with Crippen LogP contribution in [0.3, 0.4) is 0 Å². The molecule has 0 radical (unpaired) electrons. The van der Waals surface area contributed by atoms with Crippen LogP contribution in [0.2, 0.25) is 0 Å². The van der Waals surface area contributed by atoms with Crippen LogP contribution >= 0.6 is 0 Å². The molecule has 0 amide bonds. The number of halogens is 1. The number of aryl methyl sites for hydroxylation is 2. The van der Waals surface area contributed by atoms with Gasteiger partial charge >= 0.3 is 0 Å². The second-order valence-corrected chi connectivity index (χ2v) is 8.22. The third kappa shape index (κ3) is 3.95. The number of nitrogens with zero attached hydrogens (tertiary/aromatic N) is 5. The Balaban J connectivity index is 1.56. The first-order valence-electron chi connectivity index (χ1n) is 10.7. The highest BCUT2D eigenvalue weighted by molar-refractivity contribution is 5.91. The number of anilines is 2. The van der Waals surface area contributed by atoms with Crippen molar-refractivity contribution in [2.75, 3.05) is 5.32 Å². The zero-order valence-corrected chi connectivity index (χ0v) is 18.8. The molecule has 0 bridgehead atoms. The van der Waals surface area contributed by atoms with E-state index in [2.05, 4.69) is 29.1 Å². The fourth-order valence-electron chi connectivity index (χ4n) is 3.67. The summed E-state index contributed by atoms with van der Waals surface area (Å²) in [7, 11) is 1.92. The predicted molar refractivity (Wildman–Crippen MR) is 126 cm³/mol. The van der Waals surface area contributed by atoms with Crippen molar-refractivity contribution in [3.8, 4) is 22.8 Å². The van der Waals surface area contributed by atoms with Gasteiger partial charge in [-0.1, -0.05) is 13.8 Å². The highest BCUT2D eigenvalue weighted by atomic mass is 19.1. The molecule has 1 N–H and O–H groups in total. The summed E-state index contributed by atoms with van der Waals surface area (Å²) >= 11 is 0. The zero-order valence-electron chi connectivity index (χ0n) is 18.8. The van der Waals surface area contributed by atoms with Gasteiger partial charge < -0.3 is 14.3 Å². The van der Waals surface area contributed by atoms with Crippen LogP contribution < -0.4 is 5.32 Å². The van der Waals surface area contributed by atoms with Crippen LogP contribution in [0.1, 0.15) is 31.4 Å². The molecule has 0 aliphatic heterocycles. The SMILES string of the molecule is Cc1ncc(-c2ccc(Nc3cc(C(C)C)nc4c3nc(-c3ccc(F)cc3)n4C)cn2)o1. The molecule has 0 fully saturated rings. The smallest absolute Gasteiger partial charge is 0.191 e. The van der Waals surface area contributed by atoms with Crippen molar-refractivity contribution in [3.63, 3.8) is 0 Å². The van der Waals surface area contributed by atoms with Crippen molar-refractivity contribution < 1.29 is 8.81 Å². The number of aromatic nitrogens is 5.